The fourth-order valence-corrected chi connectivity index (χ4v) is 5.68. The topological polar surface area (TPSA) is 73.3 Å². The monoisotopic (exact) mass is 533 g/mol. The summed E-state index contributed by atoms with van der Waals surface area (Å²) in [4.78, 5) is 22.4. The average molecular weight is 534 g/mol. The molecule has 1 aromatic carbocycles. The Morgan fingerprint density at radius 1 is 1.05 bits per heavy atom. The van der Waals surface area contributed by atoms with Crippen LogP contribution >= 0.6 is 11.3 Å². The van der Waals surface area contributed by atoms with Gasteiger partial charge >= 0.3 is 5.97 Å². The van der Waals surface area contributed by atoms with E-state index < -0.39 is 5.82 Å². The van der Waals surface area contributed by atoms with Crippen molar-refractivity contribution in [3.8, 4) is 22.1 Å². The van der Waals surface area contributed by atoms with Crippen LogP contribution in [0.4, 0.5) is 4.39 Å². The van der Waals surface area contributed by atoms with Crippen molar-refractivity contribution < 1.29 is 18.7 Å². The van der Waals surface area contributed by atoms with Gasteiger partial charge in [0.05, 0.1) is 27.2 Å². The van der Waals surface area contributed by atoms with Crippen LogP contribution in [0.1, 0.15) is 56.6 Å². The summed E-state index contributed by atoms with van der Waals surface area (Å²) in [5.41, 5.74) is 3.31. The molecule has 0 bridgehead atoms. The van der Waals surface area contributed by atoms with Crippen LogP contribution in [0, 0.1) is 5.82 Å². The lowest BCUT2D eigenvalue weighted by Gasteiger charge is -2.21. The Kier molecular flexibility index (Phi) is 8.61. The maximum atomic E-state index is 15.0. The third kappa shape index (κ3) is 6.55. The first-order chi connectivity index (χ1) is 18.6. The fraction of sp³-hybridized carbons (Fsp3) is 0.367. The molecule has 198 valence electrons. The lowest BCUT2D eigenvalue weighted by atomic mass is 9.98. The predicted octanol–water partition coefficient (Wildman–Crippen LogP) is 7.21. The van der Waals surface area contributed by atoms with Gasteiger partial charge in [0.15, 0.2) is 11.6 Å². The van der Waals surface area contributed by atoms with Gasteiger partial charge in [-0.25, -0.2) is 4.39 Å². The summed E-state index contributed by atoms with van der Waals surface area (Å²) in [6, 6.07) is 12.4. The number of fused-ring (bicyclic) bond motifs is 1. The van der Waals surface area contributed by atoms with Crippen LogP contribution in [0.25, 0.3) is 20.8 Å². The van der Waals surface area contributed by atoms with Crippen LogP contribution in [-0.2, 0) is 22.5 Å². The number of carbonyl (C=O) groups is 1. The Morgan fingerprint density at radius 2 is 1.89 bits per heavy atom. The molecule has 6 nitrogen and oxygen atoms in total. The Balaban J connectivity index is 1.27. The van der Waals surface area contributed by atoms with Crippen LogP contribution < -0.4 is 10.1 Å². The number of aromatic nitrogens is 2. The van der Waals surface area contributed by atoms with E-state index in [4.69, 9.17) is 9.47 Å². The van der Waals surface area contributed by atoms with E-state index in [2.05, 4.69) is 28.3 Å². The zero-order chi connectivity index (χ0) is 26.3. The number of nitrogens with one attached hydrogen (secondary N) is 1. The molecule has 3 heterocycles. The Labute approximate surface area is 226 Å². The minimum absolute atomic E-state index is 0.00979. The van der Waals surface area contributed by atoms with Crippen molar-refractivity contribution in [1.29, 1.82) is 0 Å². The van der Waals surface area contributed by atoms with Crippen molar-refractivity contribution in [2.45, 2.75) is 64.5 Å². The molecule has 0 amide bonds. The number of rotatable bonds is 10. The molecule has 1 saturated carbocycles. The zero-order valence-electron chi connectivity index (χ0n) is 21.5. The Hall–Kier alpha value is -3.36. The first-order valence-electron chi connectivity index (χ1n) is 13.3. The number of carbonyl (C=O) groups excluding carboxylic acids is 1. The second-order valence-corrected chi connectivity index (χ2v) is 10.7. The molecule has 0 unspecified atom stereocenters. The number of hydrogen-bond acceptors (Lipinski definition) is 7. The van der Waals surface area contributed by atoms with E-state index in [1.54, 1.807) is 24.4 Å². The SMILES string of the molecule is CCCNCc1ccc(-c2cc3nccc(Oc4ccc(CC(=O)OC5CCCCC5)cc4F)c3s2)nc1. The van der Waals surface area contributed by atoms with Gasteiger partial charge in [-0.15, -0.1) is 11.3 Å². The van der Waals surface area contributed by atoms with Crippen LogP contribution in [0.15, 0.2) is 54.9 Å². The van der Waals surface area contributed by atoms with Crippen LogP contribution in [-0.4, -0.2) is 28.6 Å². The van der Waals surface area contributed by atoms with E-state index >= 15 is 0 Å². The summed E-state index contributed by atoms with van der Waals surface area (Å²) in [5, 5.41) is 3.38. The number of halogens is 1. The number of pyridine rings is 2. The Bertz CT molecular complexity index is 1380. The molecule has 3 aromatic heterocycles. The van der Waals surface area contributed by atoms with Crippen LogP contribution in [0.3, 0.4) is 0 Å². The van der Waals surface area contributed by atoms with Gasteiger partial charge in [0.25, 0.3) is 0 Å². The number of thiophene rings is 1. The standard InChI is InChI=1S/C30H32FN3O3S/c1-2-13-32-18-21-8-10-24(34-19-21)28-17-25-30(38-28)27(12-14-33-25)37-26-11-9-20(15-23(26)31)16-29(35)36-22-6-4-3-5-7-22/h8-12,14-15,17,19,22,32H,2-7,13,16,18H2,1H3. The number of nitrogens with zero attached hydrogens (tertiary/aromatic N) is 2. The predicted molar refractivity (Wildman–Crippen MR) is 148 cm³/mol. The van der Waals surface area contributed by atoms with Gasteiger partial charge in [-0.2, -0.15) is 0 Å². The minimum atomic E-state index is -0.524. The van der Waals surface area contributed by atoms with Crippen molar-refractivity contribution in [3.05, 3.63) is 71.8 Å². The number of esters is 1. The molecule has 38 heavy (non-hydrogen) atoms. The molecule has 8 heteroatoms. The quantitative estimate of drug-likeness (QED) is 0.172. The maximum absolute atomic E-state index is 15.0. The number of hydrogen-bond donors (Lipinski definition) is 1. The van der Waals surface area contributed by atoms with Gasteiger partial charge in [-0.1, -0.05) is 25.5 Å². The third-order valence-electron chi connectivity index (χ3n) is 6.62. The molecule has 1 aliphatic carbocycles. The molecular formula is C30H32FN3O3S. The highest BCUT2D eigenvalue weighted by Gasteiger charge is 2.19. The lowest BCUT2D eigenvalue weighted by Crippen LogP contribution is -2.21. The van der Waals surface area contributed by atoms with E-state index in [0.29, 0.717) is 11.3 Å². The minimum Gasteiger partial charge on any atom is -0.462 e. The molecule has 0 saturated heterocycles. The molecule has 1 aliphatic rings. The van der Waals surface area contributed by atoms with Gasteiger partial charge in [0.2, 0.25) is 0 Å². The molecule has 5 rings (SSSR count). The van der Waals surface area contributed by atoms with Crippen molar-refractivity contribution in [2.75, 3.05) is 6.54 Å². The van der Waals surface area contributed by atoms with Crippen molar-refractivity contribution in [1.82, 2.24) is 15.3 Å². The van der Waals surface area contributed by atoms with Crippen molar-refractivity contribution >= 4 is 27.5 Å². The summed E-state index contributed by atoms with van der Waals surface area (Å²) < 4.78 is 27.3. The molecule has 1 fully saturated rings. The summed E-state index contributed by atoms with van der Waals surface area (Å²) in [7, 11) is 0. The lowest BCUT2D eigenvalue weighted by molar-refractivity contribution is -0.149. The fourth-order valence-electron chi connectivity index (χ4n) is 4.64. The third-order valence-corrected chi connectivity index (χ3v) is 7.79. The molecule has 0 radical (unpaired) electrons. The largest absolute Gasteiger partial charge is 0.462 e. The molecular weight excluding hydrogens is 501 g/mol. The van der Waals surface area contributed by atoms with Gasteiger partial charge in [-0.05, 0) is 74.0 Å². The second-order valence-electron chi connectivity index (χ2n) is 9.66. The molecule has 0 atom stereocenters. The average Bonchev–Trinajstić information content (AvgIpc) is 3.37. The van der Waals surface area contributed by atoms with E-state index in [9.17, 15) is 9.18 Å². The molecule has 0 spiro atoms. The highest BCUT2D eigenvalue weighted by Crippen LogP contribution is 2.39. The van der Waals surface area contributed by atoms with E-state index in [0.717, 1.165) is 71.5 Å². The Morgan fingerprint density at radius 3 is 2.66 bits per heavy atom. The van der Waals surface area contributed by atoms with Gasteiger partial charge in [0.1, 0.15) is 11.9 Å². The zero-order valence-corrected chi connectivity index (χ0v) is 22.4. The molecule has 1 N–H and O–H groups in total. The van der Waals surface area contributed by atoms with E-state index in [1.165, 1.54) is 23.8 Å². The van der Waals surface area contributed by atoms with Gasteiger partial charge < -0.3 is 14.8 Å². The first kappa shape index (κ1) is 26.3. The number of benzene rings is 1. The summed E-state index contributed by atoms with van der Waals surface area (Å²) in [5.74, 6) is -0.219. The second kappa shape index (κ2) is 12.5. The van der Waals surface area contributed by atoms with Crippen molar-refractivity contribution in [2.24, 2.45) is 0 Å². The summed E-state index contributed by atoms with van der Waals surface area (Å²) in [6.07, 6.45) is 9.86. The summed E-state index contributed by atoms with van der Waals surface area (Å²) >= 11 is 1.51. The maximum Gasteiger partial charge on any atom is 0.310 e. The van der Waals surface area contributed by atoms with Crippen molar-refractivity contribution in [3.63, 3.8) is 0 Å². The highest BCUT2D eigenvalue weighted by molar-refractivity contribution is 7.22. The summed E-state index contributed by atoms with van der Waals surface area (Å²) in [6.45, 7) is 3.91. The normalized spacial score (nSPS) is 14.1. The molecule has 4 aromatic rings. The van der Waals surface area contributed by atoms with E-state index in [1.807, 2.05) is 18.3 Å². The van der Waals surface area contributed by atoms with E-state index in [-0.39, 0.29) is 24.2 Å². The molecule has 0 aliphatic heterocycles. The van der Waals surface area contributed by atoms with Crippen LogP contribution in [0.5, 0.6) is 11.5 Å². The van der Waals surface area contributed by atoms with Gasteiger partial charge in [0, 0.05) is 25.0 Å². The number of ether oxygens (including phenoxy) is 2. The van der Waals surface area contributed by atoms with Gasteiger partial charge in [-0.3, -0.25) is 14.8 Å². The van der Waals surface area contributed by atoms with Crippen LogP contribution in [0.2, 0.25) is 0 Å². The smallest absolute Gasteiger partial charge is 0.310 e. The highest BCUT2D eigenvalue weighted by atomic mass is 32.1. The first-order valence-corrected chi connectivity index (χ1v) is 14.1.